The number of rotatable bonds is 10. The van der Waals surface area contributed by atoms with Crippen LogP contribution in [0.2, 0.25) is 0 Å². The van der Waals surface area contributed by atoms with Crippen molar-refractivity contribution in [2.45, 2.75) is 12.5 Å². The van der Waals surface area contributed by atoms with Gasteiger partial charge in [0.1, 0.15) is 17.2 Å². The molecule has 3 aromatic rings. The van der Waals surface area contributed by atoms with Crippen LogP contribution >= 0.6 is 0 Å². The number of methoxy groups -OCH3 is 2. The maximum Gasteiger partial charge on any atom is 0.268 e. The molecule has 0 aliphatic rings. The largest absolute Gasteiger partial charge is 0.548 e. The van der Waals surface area contributed by atoms with Crippen molar-refractivity contribution in [2.24, 2.45) is 0 Å². The van der Waals surface area contributed by atoms with Gasteiger partial charge in [-0.25, -0.2) is 0 Å². The summed E-state index contributed by atoms with van der Waals surface area (Å²) in [5.41, 5.74) is 1.47. The topological polar surface area (TPSA) is 117 Å². The zero-order valence-electron chi connectivity index (χ0n) is 19.3. The van der Waals surface area contributed by atoms with Crippen molar-refractivity contribution in [3.8, 4) is 11.5 Å². The van der Waals surface area contributed by atoms with Crippen LogP contribution in [-0.4, -0.2) is 38.0 Å². The van der Waals surface area contributed by atoms with E-state index in [0.717, 1.165) is 0 Å². The van der Waals surface area contributed by atoms with Crippen LogP contribution in [0, 0.1) is 0 Å². The van der Waals surface area contributed by atoms with Gasteiger partial charge in [0.15, 0.2) is 0 Å². The zero-order chi connectivity index (χ0) is 25.2. The van der Waals surface area contributed by atoms with Gasteiger partial charge in [-0.05, 0) is 60.0 Å². The van der Waals surface area contributed by atoms with E-state index in [1.54, 1.807) is 78.9 Å². The van der Waals surface area contributed by atoms with Crippen LogP contribution < -0.4 is 25.2 Å². The summed E-state index contributed by atoms with van der Waals surface area (Å²) in [6.45, 7) is 0. The summed E-state index contributed by atoms with van der Waals surface area (Å²) in [4.78, 5) is 37.7. The lowest BCUT2D eigenvalue weighted by Crippen LogP contribution is -2.50. The van der Waals surface area contributed by atoms with E-state index in [1.165, 1.54) is 20.3 Å². The van der Waals surface area contributed by atoms with Crippen LogP contribution in [-0.2, 0) is 16.0 Å². The fourth-order valence-electron chi connectivity index (χ4n) is 3.24. The monoisotopic (exact) mass is 473 g/mol. The van der Waals surface area contributed by atoms with Gasteiger partial charge in [-0.2, -0.15) is 0 Å². The third-order valence-corrected chi connectivity index (χ3v) is 5.14. The van der Waals surface area contributed by atoms with Crippen LogP contribution in [0.15, 0.2) is 84.6 Å². The SMILES string of the molecule is COc1ccc(/C=C(\NC(=O)c2ccc(OC)cc2)C(=O)N[C@H](Cc2ccccc2)C(=O)[O-])cc1. The van der Waals surface area contributed by atoms with Gasteiger partial charge in [0, 0.05) is 5.56 Å². The molecule has 1 atom stereocenters. The van der Waals surface area contributed by atoms with E-state index >= 15 is 0 Å². The van der Waals surface area contributed by atoms with E-state index in [9.17, 15) is 19.5 Å². The second-order valence-electron chi connectivity index (χ2n) is 7.55. The molecular formula is C27H25N2O6-. The average Bonchev–Trinajstić information content (AvgIpc) is 2.88. The lowest BCUT2D eigenvalue weighted by molar-refractivity contribution is -0.308. The minimum Gasteiger partial charge on any atom is -0.548 e. The molecule has 180 valence electrons. The van der Waals surface area contributed by atoms with Gasteiger partial charge in [-0.15, -0.1) is 0 Å². The summed E-state index contributed by atoms with van der Waals surface area (Å²) in [5, 5.41) is 16.8. The van der Waals surface area contributed by atoms with E-state index in [1.807, 2.05) is 0 Å². The highest BCUT2D eigenvalue weighted by atomic mass is 16.5. The maximum atomic E-state index is 13.1. The molecule has 0 saturated heterocycles. The Balaban J connectivity index is 1.86. The first kappa shape index (κ1) is 25.0. The van der Waals surface area contributed by atoms with Gasteiger partial charge in [0.2, 0.25) is 0 Å². The molecule has 0 unspecified atom stereocenters. The van der Waals surface area contributed by atoms with Gasteiger partial charge >= 0.3 is 0 Å². The lowest BCUT2D eigenvalue weighted by Gasteiger charge is -2.21. The molecule has 0 spiro atoms. The summed E-state index contributed by atoms with van der Waals surface area (Å²) in [6, 6.07) is 20.7. The summed E-state index contributed by atoms with van der Waals surface area (Å²) in [7, 11) is 3.05. The van der Waals surface area contributed by atoms with E-state index < -0.39 is 23.8 Å². The molecule has 0 bridgehead atoms. The Morgan fingerprint density at radius 2 is 1.43 bits per heavy atom. The Bertz CT molecular complexity index is 1190. The van der Waals surface area contributed by atoms with E-state index in [2.05, 4.69) is 10.6 Å². The molecule has 0 saturated carbocycles. The maximum absolute atomic E-state index is 13.1. The van der Waals surface area contributed by atoms with Crippen molar-refractivity contribution >= 4 is 23.9 Å². The zero-order valence-corrected chi connectivity index (χ0v) is 19.3. The van der Waals surface area contributed by atoms with Crippen molar-refractivity contribution in [2.75, 3.05) is 14.2 Å². The minimum absolute atomic E-state index is 0.0250. The Morgan fingerprint density at radius 3 is 1.97 bits per heavy atom. The standard InChI is InChI=1S/C27H26N2O6/c1-34-21-12-8-19(9-13-21)16-23(28-25(30)20-10-14-22(35-2)15-11-20)26(31)29-24(27(32)33)17-18-6-4-3-5-7-18/h3-16,24H,17H2,1-2H3,(H,28,30)(H,29,31)(H,32,33)/p-1/b23-16-/t24-/m1/s1. The van der Waals surface area contributed by atoms with Crippen molar-refractivity contribution in [1.29, 1.82) is 0 Å². The number of aliphatic carboxylic acids is 1. The first-order chi connectivity index (χ1) is 16.9. The number of amides is 2. The van der Waals surface area contributed by atoms with E-state index in [0.29, 0.717) is 28.2 Å². The van der Waals surface area contributed by atoms with Crippen molar-refractivity contribution in [3.05, 3.63) is 101 Å². The number of hydrogen-bond donors (Lipinski definition) is 2. The molecule has 8 heteroatoms. The molecule has 2 amide bonds. The molecule has 35 heavy (non-hydrogen) atoms. The van der Waals surface area contributed by atoms with Crippen molar-refractivity contribution < 1.29 is 29.0 Å². The van der Waals surface area contributed by atoms with Crippen LogP contribution in [0.25, 0.3) is 6.08 Å². The van der Waals surface area contributed by atoms with Crippen LogP contribution in [0.5, 0.6) is 11.5 Å². The molecule has 0 aliphatic carbocycles. The van der Waals surface area contributed by atoms with Gasteiger partial charge in [-0.3, -0.25) is 9.59 Å². The number of carbonyl (C=O) groups is 3. The normalized spacial score (nSPS) is 11.8. The fourth-order valence-corrected chi connectivity index (χ4v) is 3.24. The number of nitrogens with one attached hydrogen (secondary N) is 2. The van der Waals surface area contributed by atoms with E-state index in [4.69, 9.17) is 9.47 Å². The molecule has 2 N–H and O–H groups in total. The number of ether oxygens (including phenoxy) is 2. The third kappa shape index (κ3) is 7.20. The Morgan fingerprint density at radius 1 is 0.857 bits per heavy atom. The third-order valence-electron chi connectivity index (χ3n) is 5.14. The average molecular weight is 474 g/mol. The molecule has 0 aromatic heterocycles. The quantitative estimate of drug-likeness (QED) is 0.435. The highest BCUT2D eigenvalue weighted by Gasteiger charge is 2.20. The second-order valence-corrected chi connectivity index (χ2v) is 7.55. The summed E-state index contributed by atoms with van der Waals surface area (Å²) in [5.74, 6) is -1.56. The van der Waals surface area contributed by atoms with Crippen molar-refractivity contribution in [3.63, 3.8) is 0 Å². The minimum atomic E-state index is -1.44. The van der Waals surface area contributed by atoms with Crippen LogP contribution in [0.4, 0.5) is 0 Å². The van der Waals surface area contributed by atoms with Crippen molar-refractivity contribution in [1.82, 2.24) is 10.6 Å². The summed E-state index contributed by atoms with van der Waals surface area (Å²) >= 11 is 0. The predicted octanol–water partition coefficient (Wildman–Crippen LogP) is 1.95. The Hall–Kier alpha value is -4.59. The molecular weight excluding hydrogens is 448 g/mol. The summed E-state index contributed by atoms with van der Waals surface area (Å²) < 4.78 is 10.2. The highest BCUT2D eigenvalue weighted by Crippen LogP contribution is 2.15. The Kier molecular flexibility index (Phi) is 8.61. The van der Waals surface area contributed by atoms with Gasteiger partial charge in [-0.1, -0.05) is 42.5 Å². The predicted molar refractivity (Wildman–Crippen MR) is 129 cm³/mol. The van der Waals surface area contributed by atoms with Gasteiger partial charge in [0.05, 0.1) is 26.2 Å². The highest BCUT2D eigenvalue weighted by molar-refractivity contribution is 6.06. The first-order valence-corrected chi connectivity index (χ1v) is 10.8. The molecule has 0 radical (unpaired) electrons. The van der Waals surface area contributed by atoms with Crippen LogP contribution in [0.1, 0.15) is 21.5 Å². The smallest absolute Gasteiger partial charge is 0.268 e. The molecule has 3 aromatic carbocycles. The molecule has 0 aliphatic heterocycles. The van der Waals surface area contributed by atoms with Gasteiger partial charge in [0.25, 0.3) is 11.8 Å². The number of hydrogen-bond acceptors (Lipinski definition) is 6. The Labute approximate surface area is 203 Å². The second kappa shape index (κ2) is 12.0. The number of carboxylic acids is 1. The molecule has 3 rings (SSSR count). The first-order valence-electron chi connectivity index (χ1n) is 10.8. The lowest BCUT2D eigenvalue weighted by atomic mass is 10.1. The number of carbonyl (C=O) groups excluding carboxylic acids is 3. The molecule has 0 fully saturated rings. The van der Waals surface area contributed by atoms with E-state index in [-0.39, 0.29) is 12.1 Å². The van der Waals surface area contributed by atoms with Gasteiger partial charge < -0.3 is 30.0 Å². The molecule has 0 heterocycles. The van der Waals surface area contributed by atoms with Crippen LogP contribution in [0.3, 0.4) is 0 Å². The summed E-state index contributed by atoms with van der Waals surface area (Å²) in [6.07, 6.45) is 1.47. The number of carboxylic acid groups (broad SMARTS) is 1. The fraction of sp³-hybridized carbons (Fsp3) is 0.148. The number of benzene rings is 3. The molecule has 8 nitrogen and oxygen atoms in total.